The maximum absolute atomic E-state index is 3.72. The Morgan fingerprint density at radius 3 is 2.41 bits per heavy atom. The van der Waals surface area contributed by atoms with Crippen LogP contribution in [0.3, 0.4) is 0 Å². The van der Waals surface area contributed by atoms with Crippen molar-refractivity contribution in [2.45, 2.75) is 64.3 Å². The highest BCUT2D eigenvalue weighted by Crippen LogP contribution is 2.23. The zero-order valence-electron chi connectivity index (χ0n) is 14.4. The lowest BCUT2D eigenvalue weighted by Crippen LogP contribution is -2.39. The molecule has 0 aromatic heterocycles. The van der Waals surface area contributed by atoms with E-state index in [2.05, 4.69) is 47.5 Å². The average Bonchev–Trinajstić information content (AvgIpc) is 2.59. The van der Waals surface area contributed by atoms with Crippen LogP contribution in [0, 0.1) is 0 Å². The molecule has 0 bridgehead atoms. The minimum absolute atomic E-state index is 0.553. The molecule has 1 fully saturated rings. The van der Waals surface area contributed by atoms with Crippen molar-refractivity contribution in [3.05, 3.63) is 35.9 Å². The molecular formula is C20H34N2. The van der Waals surface area contributed by atoms with Crippen LogP contribution in [-0.4, -0.2) is 31.1 Å². The van der Waals surface area contributed by atoms with Crippen LogP contribution in [0.25, 0.3) is 0 Å². The summed E-state index contributed by atoms with van der Waals surface area (Å²) in [5.74, 6) is 0. The smallest absolute Gasteiger partial charge is 0.0472 e. The molecule has 1 aromatic carbocycles. The molecule has 0 saturated carbocycles. The molecule has 1 aliphatic heterocycles. The number of nitrogens with zero attached hydrogens (tertiary/aromatic N) is 1. The number of likely N-dealkylation sites (tertiary alicyclic amines) is 1. The van der Waals surface area contributed by atoms with Gasteiger partial charge < -0.3 is 5.32 Å². The predicted molar refractivity (Wildman–Crippen MR) is 96.2 cm³/mol. The van der Waals surface area contributed by atoms with Gasteiger partial charge in [-0.3, -0.25) is 4.90 Å². The molecule has 0 amide bonds. The number of nitrogens with one attached hydrogen (secondary N) is 1. The number of piperidine rings is 1. The summed E-state index contributed by atoms with van der Waals surface area (Å²) in [6.07, 6.45) is 10.9. The van der Waals surface area contributed by atoms with E-state index in [0.717, 1.165) is 6.54 Å². The summed E-state index contributed by atoms with van der Waals surface area (Å²) in [5.41, 5.74) is 1.47. The molecule has 0 aliphatic carbocycles. The fourth-order valence-electron chi connectivity index (χ4n) is 3.46. The van der Waals surface area contributed by atoms with E-state index in [0.29, 0.717) is 6.04 Å². The van der Waals surface area contributed by atoms with Crippen molar-refractivity contribution < 1.29 is 0 Å². The van der Waals surface area contributed by atoms with E-state index in [4.69, 9.17) is 0 Å². The first-order valence-corrected chi connectivity index (χ1v) is 9.41. The number of rotatable bonds is 10. The number of hydrogen-bond donors (Lipinski definition) is 1. The first kappa shape index (κ1) is 17.5. The van der Waals surface area contributed by atoms with Gasteiger partial charge in [-0.15, -0.1) is 0 Å². The summed E-state index contributed by atoms with van der Waals surface area (Å²) < 4.78 is 0. The van der Waals surface area contributed by atoms with Crippen LogP contribution in [0.1, 0.15) is 69.9 Å². The van der Waals surface area contributed by atoms with Gasteiger partial charge in [0, 0.05) is 12.6 Å². The van der Waals surface area contributed by atoms with Gasteiger partial charge in [0.2, 0.25) is 0 Å². The molecule has 1 aromatic rings. The third-order valence-electron chi connectivity index (χ3n) is 4.81. The van der Waals surface area contributed by atoms with E-state index < -0.39 is 0 Å². The third kappa shape index (κ3) is 6.10. The summed E-state index contributed by atoms with van der Waals surface area (Å²) in [5, 5.41) is 3.72. The Labute approximate surface area is 137 Å². The lowest BCUT2D eigenvalue weighted by Gasteiger charge is -2.35. The van der Waals surface area contributed by atoms with Crippen molar-refractivity contribution in [3.63, 3.8) is 0 Å². The van der Waals surface area contributed by atoms with E-state index >= 15 is 0 Å². The molecular weight excluding hydrogens is 268 g/mol. The molecule has 2 nitrogen and oxygen atoms in total. The summed E-state index contributed by atoms with van der Waals surface area (Å²) >= 11 is 0. The quantitative estimate of drug-likeness (QED) is 0.626. The van der Waals surface area contributed by atoms with Crippen LogP contribution in [0.4, 0.5) is 0 Å². The summed E-state index contributed by atoms with van der Waals surface area (Å²) in [4.78, 5) is 2.68. The van der Waals surface area contributed by atoms with Gasteiger partial charge in [0.25, 0.3) is 0 Å². The molecule has 0 radical (unpaired) electrons. The van der Waals surface area contributed by atoms with E-state index in [1.165, 1.54) is 76.6 Å². The fourth-order valence-corrected chi connectivity index (χ4v) is 3.46. The van der Waals surface area contributed by atoms with Gasteiger partial charge in [-0.1, -0.05) is 69.4 Å². The number of benzene rings is 1. The second-order valence-electron chi connectivity index (χ2n) is 6.64. The van der Waals surface area contributed by atoms with Gasteiger partial charge in [-0.05, 0) is 44.5 Å². The molecule has 0 spiro atoms. The van der Waals surface area contributed by atoms with Crippen molar-refractivity contribution in [1.29, 1.82) is 0 Å². The predicted octanol–water partition coefficient (Wildman–Crippen LogP) is 4.77. The fraction of sp³-hybridized carbons (Fsp3) is 0.700. The van der Waals surface area contributed by atoms with Gasteiger partial charge in [-0.25, -0.2) is 0 Å². The number of unbranched alkanes of at least 4 members (excludes halogenated alkanes) is 4. The molecule has 1 unspecified atom stereocenters. The summed E-state index contributed by atoms with van der Waals surface area (Å²) in [7, 11) is 0. The molecule has 2 rings (SSSR count). The van der Waals surface area contributed by atoms with Crippen molar-refractivity contribution in [2.75, 3.05) is 26.2 Å². The Balaban J connectivity index is 1.78. The summed E-state index contributed by atoms with van der Waals surface area (Å²) in [6.45, 7) is 7.06. The lowest BCUT2D eigenvalue weighted by molar-refractivity contribution is 0.160. The van der Waals surface area contributed by atoms with E-state index in [-0.39, 0.29) is 0 Å². The van der Waals surface area contributed by atoms with E-state index in [1.807, 2.05) is 0 Å². The molecule has 1 N–H and O–H groups in total. The van der Waals surface area contributed by atoms with Gasteiger partial charge in [0.05, 0.1) is 0 Å². The zero-order valence-corrected chi connectivity index (χ0v) is 14.4. The Hall–Kier alpha value is -0.860. The standard InChI is InChI=1S/C20H34N2/c1-2-3-4-5-10-15-21-18-20(19-13-8-6-9-14-19)22-16-11-7-12-17-22/h6,8-9,13-14,20-21H,2-5,7,10-12,15-18H2,1H3. The first-order chi connectivity index (χ1) is 10.9. The highest BCUT2D eigenvalue weighted by molar-refractivity contribution is 5.19. The second kappa shape index (κ2) is 10.8. The maximum Gasteiger partial charge on any atom is 0.0472 e. The van der Waals surface area contributed by atoms with Crippen molar-refractivity contribution in [3.8, 4) is 0 Å². The minimum atomic E-state index is 0.553. The largest absolute Gasteiger partial charge is 0.315 e. The summed E-state index contributed by atoms with van der Waals surface area (Å²) in [6, 6.07) is 11.6. The molecule has 2 heteroatoms. The molecule has 22 heavy (non-hydrogen) atoms. The van der Waals surface area contributed by atoms with Crippen LogP contribution < -0.4 is 5.32 Å². The minimum Gasteiger partial charge on any atom is -0.315 e. The van der Waals surface area contributed by atoms with Crippen molar-refractivity contribution in [1.82, 2.24) is 10.2 Å². The van der Waals surface area contributed by atoms with Crippen molar-refractivity contribution >= 4 is 0 Å². The van der Waals surface area contributed by atoms with E-state index in [1.54, 1.807) is 0 Å². The number of hydrogen-bond acceptors (Lipinski definition) is 2. The SMILES string of the molecule is CCCCCCCNCC(c1ccccc1)N1CCCCC1. The Bertz CT molecular complexity index is 371. The Kier molecular flexibility index (Phi) is 8.59. The van der Waals surface area contributed by atoms with Crippen LogP contribution in [-0.2, 0) is 0 Å². The van der Waals surface area contributed by atoms with Crippen LogP contribution in [0.2, 0.25) is 0 Å². The highest BCUT2D eigenvalue weighted by atomic mass is 15.2. The zero-order chi connectivity index (χ0) is 15.5. The topological polar surface area (TPSA) is 15.3 Å². The highest BCUT2D eigenvalue weighted by Gasteiger charge is 2.21. The second-order valence-corrected chi connectivity index (χ2v) is 6.64. The van der Waals surface area contributed by atoms with E-state index in [9.17, 15) is 0 Å². The molecule has 1 aliphatic rings. The third-order valence-corrected chi connectivity index (χ3v) is 4.81. The monoisotopic (exact) mass is 302 g/mol. The van der Waals surface area contributed by atoms with Gasteiger partial charge in [0.15, 0.2) is 0 Å². The Morgan fingerprint density at radius 2 is 1.68 bits per heavy atom. The van der Waals surface area contributed by atoms with Gasteiger partial charge >= 0.3 is 0 Å². The van der Waals surface area contributed by atoms with Crippen LogP contribution in [0.15, 0.2) is 30.3 Å². The maximum atomic E-state index is 3.72. The molecule has 1 saturated heterocycles. The molecule has 1 atom stereocenters. The lowest BCUT2D eigenvalue weighted by atomic mass is 10.0. The molecule has 124 valence electrons. The van der Waals surface area contributed by atoms with Crippen molar-refractivity contribution in [2.24, 2.45) is 0 Å². The Morgan fingerprint density at radius 1 is 0.955 bits per heavy atom. The van der Waals surface area contributed by atoms with Gasteiger partial charge in [0.1, 0.15) is 0 Å². The van der Waals surface area contributed by atoms with Crippen LogP contribution >= 0.6 is 0 Å². The molecule has 1 heterocycles. The van der Waals surface area contributed by atoms with Crippen LogP contribution in [0.5, 0.6) is 0 Å². The van der Waals surface area contributed by atoms with Gasteiger partial charge in [-0.2, -0.15) is 0 Å². The average molecular weight is 303 g/mol. The normalized spacial score (nSPS) is 17.5. The first-order valence-electron chi connectivity index (χ1n) is 9.41.